The van der Waals surface area contributed by atoms with Gasteiger partial charge >= 0.3 is 5.97 Å². The van der Waals surface area contributed by atoms with Gasteiger partial charge in [0, 0.05) is 18.5 Å². The van der Waals surface area contributed by atoms with Crippen molar-refractivity contribution in [2.24, 2.45) is 7.05 Å². The van der Waals surface area contributed by atoms with Crippen LogP contribution in [0.25, 0.3) is 0 Å². The highest BCUT2D eigenvalue weighted by Gasteiger charge is 2.13. The highest BCUT2D eigenvalue weighted by Crippen LogP contribution is 2.21. The Balaban J connectivity index is 1.49. The van der Waals surface area contributed by atoms with Crippen LogP contribution in [0.2, 0.25) is 0 Å². The number of esters is 1. The molecule has 7 nitrogen and oxygen atoms in total. The second-order valence-corrected chi connectivity index (χ2v) is 8.27. The molecule has 0 aliphatic rings. The molecular weight excluding hydrogens is 420 g/mol. The zero-order valence-corrected chi connectivity index (χ0v) is 18.3. The van der Waals surface area contributed by atoms with Crippen LogP contribution < -0.4 is 5.32 Å². The normalized spacial score (nSPS) is 10.6. The molecule has 1 heterocycles. The van der Waals surface area contributed by atoms with Crippen molar-refractivity contribution in [3.63, 3.8) is 0 Å². The molecule has 1 amide bonds. The van der Waals surface area contributed by atoms with Crippen molar-refractivity contribution in [2.45, 2.75) is 16.7 Å². The SMILES string of the molecule is COC(=O)c1cccc(NC(=O)CSc2nnc(CSCc3ccccc3)n2C)c1. The molecule has 9 heteroatoms. The number of nitrogens with one attached hydrogen (secondary N) is 1. The summed E-state index contributed by atoms with van der Waals surface area (Å²) in [6.45, 7) is 0. The Labute approximate surface area is 183 Å². The molecule has 30 heavy (non-hydrogen) atoms. The first-order valence-electron chi connectivity index (χ1n) is 9.18. The summed E-state index contributed by atoms with van der Waals surface area (Å²) in [5.74, 6) is 2.06. The van der Waals surface area contributed by atoms with Gasteiger partial charge in [0.05, 0.1) is 24.2 Å². The Bertz CT molecular complexity index is 1010. The van der Waals surface area contributed by atoms with Gasteiger partial charge in [-0.15, -0.1) is 22.0 Å². The van der Waals surface area contributed by atoms with E-state index in [0.29, 0.717) is 16.4 Å². The molecule has 0 bridgehead atoms. The van der Waals surface area contributed by atoms with E-state index in [1.807, 2.05) is 29.8 Å². The van der Waals surface area contributed by atoms with Crippen molar-refractivity contribution in [3.05, 3.63) is 71.5 Å². The number of hydrogen-bond acceptors (Lipinski definition) is 7. The fourth-order valence-electron chi connectivity index (χ4n) is 2.60. The molecule has 1 aromatic heterocycles. The summed E-state index contributed by atoms with van der Waals surface area (Å²) in [5.41, 5.74) is 2.19. The molecule has 0 fully saturated rings. The molecule has 1 N–H and O–H groups in total. The van der Waals surface area contributed by atoms with E-state index >= 15 is 0 Å². The summed E-state index contributed by atoms with van der Waals surface area (Å²) >= 11 is 3.09. The predicted molar refractivity (Wildman–Crippen MR) is 120 cm³/mol. The van der Waals surface area contributed by atoms with E-state index in [0.717, 1.165) is 17.3 Å². The van der Waals surface area contributed by atoms with E-state index in [4.69, 9.17) is 4.74 Å². The molecular formula is C21H22N4O3S2. The molecule has 0 unspecified atom stereocenters. The quantitative estimate of drug-likeness (QED) is 0.399. The standard InChI is InChI=1S/C21H22N4O3S2/c1-25-18(13-29-12-15-7-4-3-5-8-15)23-24-21(25)30-14-19(26)22-17-10-6-9-16(11-17)20(27)28-2/h3-11H,12-14H2,1-2H3,(H,22,26). The molecule has 0 saturated carbocycles. The first kappa shape index (κ1) is 21.9. The van der Waals surface area contributed by atoms with Crippen molar-refractivity contribution in [1.29, 1.82) is 0 Å². The van der Waals surface area contributed by atoms with E-state index in [1.165, 1.54) is 24.4 Å². The van der Waals surface area contributed by atoms with Gasteiger partial charge < -0.3 is 14.6 Å². The van der Waals surface area contributed by atoms with E-state index in [1.54, 1.807) is 36.0 Å². The summed E-state index contributed by atoms with van der Waals surface area (Å²) < 4.78 is 6.61. The van der Waals surface area contributed by atoms with Gasteiger partial charge in [-0.2, -0.15) is 0 Å². The van der Waals surface area contributed by atoms with E-state index < -0.39 is 5.97 Å². The monoisotopic (exact) mass is 442 g/mol. The van der Waals surface area contributed by atoms with Crippen LogP contribution in [0.4, 0.5) is 5.69 Å². The number of anilines is 1. The fourth-order valence-corrected chi connectivity index (χ4v) is 4.29. The Hall–Kier alpha value is -2.78. The molecule has 156 valence electrons. The zero-order valence-electron chi connectivity index (χ0n) is 16.7. The van der Waals surface area contributed by atoms with Crippen molar-refractivity contribution in [2.75, 3.05) is 18.2 Å². The van der Waals surface area contributed by atoms with Gasteiger partial charge in [-0.3, -0.25) is 4.79 Å². The lowest BCUT2D eigenvalue weighted by atomic mass is 10.2. The lowest BCUT2D eigenvalue weighted by Gasteiger charge is -2.07. The van der Waals surface area contributed by atoms with Crippen molar-refractivity contribution >= 4 is 41.1 Å². The number of hydrogen-bond donors (Lipinski definition) is 1. The molecule has 0 aliphatic carbocycles. The minimum absolute atomic E-state index is 0.186. The van der Waals surface area contributed by atoms with Gasteiger partial charge in [0.1, 0.15) is 5.82 Å². The molecule has 2 aromatic carbocycles. The van der Waals surface area contributed by atoms with Gasteiger partial charge in [0.15, 0.2) is 5.16 Å². The lowest BCUT2D eigenvalue weighted by Crippen LogP contribution is -2.15. The van der Waals surface area contributed by atoms with E-state index in [2.05, 4.69) is 27.6 Å². The van der Waals surface area contributed by atoms with E-state index in [-0.39, 0.29) is 11.7 Å². The number of amides is 1. The fraction of sp³-hybridized carbons (Fsp3) is 0.238. The minimum Gasteiger partial charge on any atom is -0.465 e. The second-order valence-electron chi connectivity index (χ2n) is 6.35. The number of benzene rings is 2. The molecule has 0 spiro atoms. The van der Waals surface area contributed by atoms with Crippen LogP contribution in [0.15, 0.2) is 59.8 Å². The van der Waals surface area contributed by atoms with Crippen LogP contribution in [0, 0.1) is 0 Å². The summed E-state index contributed by atoms with van der Waals surface area (Å²) in [7, 11) is 3.22. The Morgan fingerprint density at radius 2 is 1.87 bits per heavy atom. The van der Waals surface area contributed by atoms with Gasteiger partial charge in [-0.05, 0) is 23.8 Å². The number of carbonyl (C=O) groups is 2. The number of nitrogens with zero attached hydrogens (tertiary/aromatic N) is 3. The first-order chi connectivity index (χ1) is 14.6. The molecule has 3 rings (SSSR count). The van der Waals surface area contributed by atoms with Crippen LogP contribution >= 0.6 is 23.5 Å². The largest absolute Gasteiger partial charge is 0.465 e. The van der Waals surface area contributed by atoms with Crippen LogP contribution in [0.3, 0.4) is 0 Å². The van der Waals surface area contributed by atoms with Crippen molar-refractivity contribution in [3.8, 4) is 0 Å². The average Bonchev–Trinajstić information content (AvgIpc) is 3.12. The maximum atomic E-state index is 12.3. The van der Waals surface area contributed by atoms with Crippen molar-refractivity contribution < 1.29 is 14.3 Å². The van der Waals surface area contributed by atoms with Crippen LogP contribution in [-0.4, -0.2) is 39.5 Å². The van der Waals surface area contributed by atoms with Crippen LogP contribution in [0.1, 0.15) is 21.7 Å². The Morgan fingerprint density at radius 1 is 1.07 bits per heavy atom. The van der Waals surface area contributed by atoms with E-state index in [9.17, 15) is 9.59 Å². The Kier molecular flexibility index (Phi) is 7.92. The second kappa shape index (κ2) is 10.8. The third-order valence-electron chi connectivity index (χ3n) is 4.17. The number of aromatic nitrogens is 3. The zero-order chi connectivity index (χ0) is 21.3. The number of thioether (sulfide) groups is 2. The van der Waals surface area contributed by atoms with Crippen LogP contribution in [0.5, 0.6) is 0 Å². The van der Waals surface area contributed by atoms with Gasteiger partial charge in [-0.1, -0.05) is 48.2 Å². The number of carbonyl (C=O) groups excluding carboxylic acids is 2. The molecule has 0 saturated heterocycles. The summed E-state index contributed by atoms with van der Waals surface area (Å²) in [4.78, 5) is 23.9. The number of methoxy groups -OCH3 is 1. The number of rotatable bonds is 9. The molecule has 0 radical (unpaired) electrons. The maximum absolute atomic E-state index is 12.3. The maximum Gasteiger partial charge on any atom is 0.337 e. The Morgan fingerprint density at radius 3 is 2.63 bits per heavy atom. The lowest BCUT2D eigenvalue weighted by molar-refractivity contribution is -0.113. The number of ether oxygens (including phenoxy) is 1. The third-order valence-corrected chi connectivity index (χ3v) is 6.19. The minimum atomic E-state index is -0.447. The van der Waals surface area contributed by atoms with Gasteiger partial charge in [0.25, 0.3) is 0 Å². The molecule has 0 aliphatic heterocycles. The van der Waals surface area contributed by atoms with Gasteiger partial charge in [-0.25, -0.2) is 4.79 Å². The highest BCUT2D eigenvalue weighted by molar-refractivity contribution is 7.99. The van der Waals surface area contributed by atoms with Crippen LogP contribution in [-0.2, 0) is 28.1 Å². The van der Waals surface area contributed by atoms with Gasteiger partial charge in [0.2, 0.25) is 5.91 Å². The average molecular weight is 443 g/mol. The topological polar surface area (TPSA) is 86.1 Å². The first-order valence-corrected chi connectivity index (χ1v) is 11.3. The smallest absolute Gasteiger partial charge is 0.337 e. The summed E-state index contributed by atoms with van der Waals surface area (Å²) in [6, 6.07) is 16.9. The molecule has 3 aromatic rings. The highest BCUT2D eigenvalue weighted by atomic mass is 32.2. The third kappa shape index (κ3) is 6.11. The summed E-state index contributed by atoms with van der Waals surface area (Å²) in [5, 5.41) is 11.9. The predicted octanol–water partition coefficient (Wildman–Crippen LogP) is 3.77. The summed E-state index contributed by atoms with van der Waals surface area (Å²) in [6.07, 6.45) is 0. The molecule has 0 atom stereocenters. The van der Waals surface area contributed by atoms with Crippen molar-refractivity contribution in [1.82, 2.24) is 14.8 Å².